The Balaban J connectivity index is 2.05. The van der Waals surface area contributed by atoms with E-state index in [1.165, 1.54) is 30.5 Å². The molecule has 0 saturated carbocycles. The van der Waals surface area contributed by atoms with Gasteiger partial charge in [0, 0.05) is 19.0 Å². The van der Waals surface area contributed by atoms with Gasteiger partial charge in [-0.15, -0.1) is 0 Å². The predicted molar refractivity (Wildman–Crippen MR) is 96.6 cm³/mol. The lowest BCUT2D eigenvalue weighted by molar-refractivity contribution is -0.114. The van der Waals surface area contributed by atoms with Crippen molar-refractivity contribution in [3.05, 3.63) is 48.0 Å². The number of rotatable bonds is 4. The lowest BCUT2D eigenvalue weighted by atomic mass is 10.1. The first-order valence-corrected chi connectivity index (χ1v) is 9.36. The molecule has 0 fully saturated rings. The third-order valence-corrected chi connectivity index (χ3v) is 6.11. The first-order valence-electron chi connectivity index (χ1n) is 7.92. The molecule has 3 rings (SSSR count). The number of amides is 1. The number of methoxy groups -OCH3 is 1. The van der Waals surface area contributed by atoms with Gasteiger partial charge in [-0.05, 0) is 37.1 Å². The Kier molecular flexibility index (Phi) is 4.43. The normalized spacial score (nSPS) is 16.4. The van der Waals surface area contributed by atoms with Crippen LogP contribution in [0.2, 0.25) is 0 Å². The van der Waals surface area contributed by atoms with Gasteiger partial charge in [-0.3, -0.25) is 9.10 Å². The molecule has 0 spiro atoms. The van der Waals surface area contributed by atoms with Gasteiger partial charge in [0.2, 0.25) is 5.91 Å². The number of hydrogen-bond acceptors (Lipinski definition) is 4. The van der Waals surface area contributed by atoms with Crippen LogP contribution in [0.25, 0.3) is 0 Å². The van der Waals surface area contributed by atoms with Crippen molar-refractivity contribution >= 4 is 27.3 Å². The average Bonchev–Trinajstić information content (AvgIpc) is 2.90. The predicted octanol–water partition coefficient (Wildman–Crippen LogP) is 2.79. The zero-order valence-corrected chi connectivity index (χ0v) is 15.1. The van der Waals surface area contributed by atoms with Gasteiger partial charge in [0.25, 0.3) is 10.0 Å². The number of para-hydroxylation sites is 1. The largest absolute Gasteiger partial charge is 0.495 e. The molecule has 1 aliphatic rings. The molecule has 2 aromatic rings. The molecule has 1 heterocycles. The van der Waals surface area contributed by atoms with Crippen molar-refractivity contribution in [1.82, 2.24) is 0 Å². The third kappa shape index (κ3) is 3.07. The molecular formula is C18H20N2O4S. The lowest BCUT2D eigenvalue weighted by Gasteiger charge is -2.25. The maximum absolute atomic E-state index is 13.2. The van der Waals surface area contributed by atoms with Gasteiger partial charge in [-0.1, -0.05) is 18.2 Å². The minimum Gasteiger partial charge on any atom is -0.495 e. The Morgan fingerprint density at radius 3 is 2.64 bits per heavy atom. The molecular weight excluding hydrogens is 340 g/mol. The van der Waals surface area contributed by atoms with E-state index >= 15 is 0 Å². The molecule has 1 aliphatic heterocycles. The quantitative estimate of drug-likeness (QED) is 0.910. The molecule has 1 N–H and O–H groups in total. The highest BCUT2D eigenvalue weighted by molar-refractivity contribution is 7.92. The molecule has 0 saturated heterocycles. The van der Waals surface area contributed by atoms with E-state index in [2.05, 4.69) is 5.32 Å². The van der Waals surface area contributed by atoms with E-state index in [1.807, 2.05) is 31.2 Å². The summed E-state index contributed by atoms with van der Waals surface area (Å²) in [5.74, 6) is 0.0485. The van der Waals surface area contributed by atoms with E-state index in [0.29, 0.717) is 23.5 Å². The van der Waals surface area contributed by atoms with Crippen LogP contribution in [0.3, 0.4) is 0 Å². The van der Waals surface area contributed by atoms with Crippen molar-refractivity contribution < 1.29 is 17.9 Å². The molecule has 25 heavy (non-hydrogen) atoms. The first-order chi connectivity index (χ1) is 11.8. The topological polar surface area (TPSA) is 75.7 Å². The summed E-state index contributed by atoms with van der Waals surface area (Å²) in [6.45, 7) is 3.27. The van der Waals surface area contributed by atoms with Gasteiger partial charge in [-0.2, -0.15) is 0 Å². The standard InChI is InChI=1S/C18H20N2O4S/c1-12-10-14-6-4-5-7-17(14)20(12)25(22,23)15-8-9-16(19-13(2)21)18(11-15)24-3/h4-9,11-12H,10H2,1-3H3,(H,19,21)/t12-/m1/s1. The van der Waals surface area contributed by atoms with Gasteiger partial charge >= 0.3 is 0 Å². The van der Waals surface area contributed by atoms with E-state index in [1.54, 1.807) is 6.07 Å². The van der Waals surface area contributed by atoms with Crippen LogP contribution in [-0.4, -0.2) is 27.5 Å². The number of carbonyl (C=O) groups is 1. The minimum atomic E-state index is -3.74. The number of anilines is 2. The molecule has 0 unspecified atom stereocenters. The van der Waals surface area contributed by atoms with E-state index in [9.17, 15) is 13.2 Å². The van der Waals surface area contributed by atoms with Crippen LogP contribution in [0.1, 0.15) is 19.4 Å². The minimum absolute atomic E-state index is 0.127. The Hall–Kier alpha value is -2.54. The fourth-order valence-electron chi connectivity index (χ4n) is 3.14. The van der Waals surface area contributed by atoms with Crippen LogP contribution >= 0.6 is 0 Å². The average molecular weight is 360 g/mol. The SMILES string of the molecule is COc1cc(S(=O)(=O)N2c3ccccc3C[C@H]2C)ccc1NC(C)=O. The molecule has 2 aromatic carbocycles. The molecule has 0 aliphatic carbocycles. The summed E-state index contributed by atoms with van der Waals surface area (Å²) in [6, 6.07) is 11.8. The van der Waals surface area contributed by atoms with Crippen LogP contribution in [0.15, 0.2) is 47.4 Å². The van der Waals surface area contributed by atoms with E-state index in [4.69, 9.17) is 4.74 Å². The van der Waals surface area contributed by atoms with Crippen molar-refractivity contribution in [1.29, 1.82) is 0 Å². The Morgan fingerprint density at radius 1 is 1.24 bits per heavy atom. The number of fused-ring (bicyclic) bond motifs is 1. The summed E-state index contributed by atoms with van der Waals surface area (Å²) >= 11 is 0. The summed E-state index contributed by atoms with van der Waals surface area (Å²) < 4.78 is 33.1. The maximum Gasteiger partial charge on any atom is 0.264 e. The van der Waals surface area contributed by atoms with Crippen molar-refractivity contribution in [2.75, 3.05) is 16.7 Å². The third-order valence-electron chi connectivity index (χ3n) is 4.19. The fraction of sp³-hybridized carbons (Fsp3) is 0.278. The Bertz CT molecular complexity index is 924. The monoisotopic (exact) mass is 360 g/mol. The molecule has 0 radical (unpaired) electrons. The summed E-state index contributed by atoms with van der Waals surface area (Å²) in [6.07, 6.45) is 0.677. The summed E-state index contributed by atoms with van der Waals surface area (Å²) in [5.41, 5.74) is 2.16. The fourth-order valence-corrected chi connectivity index (χ4v) is 4.85. The number of nitrogens with one attached hydrogen (secondary N) is 1. The highest BCUT2D eigenvalue weighted by atomic mass is 32.2. The number of ether oxygens (including phenoxy) is 1. The van der Waals surface area contributed by atoms with Crippen molar-refractivity contribution in [2.45, 2.75) is 31.2 Å². The molecule has 6 nitrogen and oxygen atoms in total. The molecule has 7 heteroatoms. The highest BCUT2D eigenvalue weighted by Crippen LogP contribution is 2.38. The zero-order valence-electron chi connectivity index (χ0n) is 14.3. The molecule has 0 aromatic heterocycles. The van der Waals surface area contributed by atoms with Crippen LogP contribution in [0, 0.1) is 0 Å². The number of carbonyl (C=O) groups excluding carboxylic acids is 1. The Morgan fingerprint density at radius 2 is 1.96 bits per heavy atom. The smallest absolute Gasteiger partial charge is 0.264 e. The zero-order chi connectivity index (χ0) is 18.2. The van der Waals surface area contributed by atoms with E-state index in [-0.39, 0.29) is 16.8 Å². The lowest BCUT2D eigenvalue weighted by Crippen LogP contribution is -2.35. The maximum atomic E-state index is 13.2. The second-order valence-corrected chi connectivity index (χ2v) is 7.84. The van der Waals surface area contributed by atoms with E-state index < -0.39 is 10.0 Å². The summed E-state index contributed by atoms with van der Waals surface area (Å²) in [5, 5.41) is 2.62. The second kappa shape index (κ2) is 6.40. The highest BCUT2D eigenvalue weighted by Gasteiger charge is 2.36. The summed E-state index contributed by atoms with van der Waals surface area (Å²) in [7, 11) is -2.30. The van der Waals surface area contributed by atoms with Gasteiger partial charge in [0.05, 0.1) is 23.4 Å². The first kappa shape index (κ1) is 17.3. The van der Waals surface area contributed by atoms with Gasteiger partial charge in [-0.25, -0.2) is 8.42 Å². The number of nitrogens with zero attached hydrogens (tertiary/aromatic N) is 1. The number of benzene rings is 2. The van der Waals surface area contributed by atoms with Crippen LogP contribution in [0.4, 0.5) is 11.4 Å². The molecule has 1 amide bonds. The second-order valence-electron chi connectivity index (χ2n) is 6.03. The van der Waals surface area contributed by atoms with Gasteiger partial charge in [0.15, 0.2) is 0 Å². The molecule has 1 atom stereocenters. The van der Waals surface area contributed by atoms with E-state index in [0.717, 1.165) is 5.56 Å². The summed E-state index contributed by atoms with van der Waals surface area (Å²) in [4.78, 5) is 11.4. The van der Waals surface area contributed by atoms with Crippen molar-refractivity contribution in [3.63, 3.8) is 0 Å². The van der Waals surface area contributed by atoms with Crippen molar-refractivity contribution in [3.8, 4) is 5.75 Å². The molecule has 132 valence electrons. The van der Waals surface area contributed by atoms with Gasteiger partial charge < -0.3 is 10.1 Å². The Labute approximate surface area is 147 Å². The van der Waals surface area contributed by atoms with Gasteiger partial charge in [0.1, 0.15) is 5.75 Å². The molecule has 0 bridgehead atoms. The van der Waals surface area contributed by atoms with Crippen molar-refractivity contribution in [2.24, 2.45) is 0 Å². The van der Waals surface area contributed by atoms with Crippen LogP contribution in [0.5, 0.6) is 5.75 Å². The van der Waals surface area contributed by atoms with Crippen LogP contribution < -0.4 is 14.4 Å². The van der Waals surface area contributed by atoms with Crippen LogP contribution in [-0.2, 0) is 21.2 Å². The number of hydrogen-bond donors (Lipinski definition) is 1. The number of sulfonamides is 1.